The first kappa shape index (κ1) is 13.8. The quantitative estimate of drug-likeness (QED) is 0.806. The SMILES string of the molecule is CCC(Nc1c(C#N)cccc1OC)C(=O)OC. The molecule has 5 heteroatoms. The summed E-state index contributed by atoms with van der Waals surface area (Å²) in [7, 11) is 2.85. The van der Waals surface area contributed by atoms with E-state index in [0.29, 0.717) is 23.4 Å². The minimum absolute atomic E-state index is 0.368. The Hall–Kier alpha value is -2.22. The second-order valence-corrected chi connectivity index (χ2v) is 3.62. The summed E-state index contributed by atoms with van der Waals surface area (Å²) in [5.41, 5.74) is 0.941. The molecule has 0 aliphatic rings. The van der Waals surface area contributed by atoms with Gasteiger partial charge in [-0.2, -0.15) is 5.26 Å². The highest BCUT2D eigenvalue weighted by Crippen LogP contribution is 2.28. The van der Waals surface area contributed by atoms with Crippen molar-refractivity contribution in [1.29, 1.82) is 5.26 Å². The molecule has 1 N–H and O–H groups in total. The number of hydrogen-bond donors (Lipinski definition) is 1. The average Bonchev–Trinajstić information content (AvgIpc) is 2.43. The lowest BCUT2D eigenvalue weighted by molar-refractivity contribution is -0.141. The molecule has 0 aliphatic heterocycles. The van der Waals surface area contributed by atoms with Gasteiger partial charge in [0, 0.05) is 0 Å². The van der Waals surface area contributed by atoms with Crippen molar-refractivity contribution in [2.45, 2.75) is 19.4 Å². The maximum Gasteiger partial charge on any atom is 0.328 e. The molecule has 0 aliphatic carbocycles. The third-order valence-corrected chi connectivity index (χ3v) is 2.58. The largest absolute Gasteiger partial charge is 0.495 e. The molecule has 0 bridgehead atoms. The Bertz CT molecular complexity index is 466. The highest BCUT2D eigenvalue weighted by Gasteiger charge is 2.20. The van der Waals surface area contributed by atoms with Crippen LogP contribution in [0.3, 0.4) is 0 Å². The molecule has 5 nitrogen and oxygen atoms in total. The van der Waals surface area contributed by atoms with Gasteiger partial charge in [-0.05, 0) is 18.6 Å². The van der Waals surface area contributed by atoms with Crippen molar-refractivity contribution >= 4 is 11.7 Å². The molecule has 96 valence electrons. The van der Waals surface area contributed by atoms with E-state index in [2.05, 4.69) is 11.4 Å². The molecule has 0 heterocycles. The summed E-state index contributed by atoms with van der Waals surface area (Å²) in [5, 5.41) is 12.1. The van der Waals surface area contributed by atoms with Crippen LogP contribution in [0.1, 0.15) is 18.9 Å². The topological polar surface area (TPSA) is 71.3 Å². The van der Waals surface area contributed by atoms with Crippen LogP contribution in [-0.2, 0) is 9.53 Å². The van der Waals surface area contributed by atoms with E-state index in [9.17, 15) is 4.79 Å². The lowest BCUT2D eigenvalue weighted by atomic mass is 10.1. The summed E-state index contributed by atoms with van der Waals surface area (Å²) < 4.78 is 9.88. The third kappa shape index (κ3) is 2.92. The summed E-state index contributed by atoms with van der Waals surface area (Å²) in [6.07, 6.45) is 0.551. The van der Waals surface area contributed by atoms with E-state index < -0.39 is 6.04 Å². The number of para-hydroxylation sites is 1. The Balaban J connectivity index is 3.08. The predicted molar refractivity (Wildman–Crippen MR) is 67.4 cm³/mol. The minimum atomic E-state index is -0.501. The normalized spacial score (nSPS) is 11.2. The van der Waals surface area contributed by atoms with Crippen LogP contribution in [0.5, 0.6) is 5.75 Å². The highest BCUT2D eigenvalue weighted by molar-refractivity contribution is 5.81. The van der Waals surface area contributed by atoms with Crippen molar-refractivity contribution in [3.63, 3.8) is 0 Å². The van der Waals surface area contributed by atoms with Crippen molar-refractivity contribution in [3.05, 3.63) is 23.8 Å². The number of benzene rings is 1. The number of esters is 1. The molecular weight excluding hydrogens is 232 g/mol. The van der Waals surface area contributed by atoms with Crippen molar-refractivity contribution < 1.29 is 14.3 Å². The van der Waals surface area contributed by atoms with Crippen molar-refractivity contribution in [2.75, 3.05) is 19.5 Å². The predicted octanol–water partition coefficient (Wildman–Crippen LogP) is 1.93. The average molecular weight is 248 g/mol. The first-order chi connectivity index (χ1) is 8.67. The first-order valence-electron chi connectivity index (χ1n) is 5.59. The number of nitrogens with one attached hydrogen (secondary N) is 1. The molecule has 1 atom stereocenters. The maximum absolute atomic E-state index is 11.5. The van der Waals surface area contributed by atoms with E-state index in [1.807, 2.05) is 6.92 Å². The first-order valence-corrected chi connectivity index (χ1v) is 5.59. The molecule has 1 aromatic carbocycles. The summed E-state index contributed by atoms with van der Waals surface area (Å²) in [4.78, 5) is 11.5. The zero-order valence-corrected chi connectivity index (χ0v) is 10.7. The maximum atomic E-state index is 11.5. The fraction of sp³-hybridized carbons (Fsp3) is 0.385. The fourth-order valence-electron chi connectivity index (χ4n) is 1.59. The monoisotopic (exact) mass is 248 g/mol. The van der Waals surface area contributed by atoms with E-state index >= 15 is 0 Å². The number of rotatable bonds is 5. The van der Waals surface area contributed by atoms with Crippen LogP contribution in [0, 0.1) is 11.3 Å². The van der Waals surface area contributed by atoms with E-state index in [1.54, 1.807) is 18.2 Å². The van der Waals surface area contributed by atoms with Crippen LogP contribution in [0.4, 0.5) is 5.69 Å². The lowest BCUT2D eigenvalue weighted by Crippen LogP contribution is -2.30. The number of ether oxygens (including phenoxy) is 2. The Morgan fingerprint density at radius 3 is 2.72 bits per heavy atom. The van der Waals surface area contributed by atoms with Crippen molar-refractivity contribution in [1.82, 2.24) is 0 Å². The van der Waals surface area contributed by atoms with Gasteiger partial charge in [-0.1, -0.05) is 13.0 Å². The Kier molecular flexibility index (Phi) is 5.00. The Morgan fingerprint density at radius 1 is 1.50 bits per heavy atom. The molecule has 18 heavy (non-hydrogen) atoms. The Morgan fingerprint density at radius 2 is 2.22 bits per heavy atom. The molecule has 0 radical (unpaired) electrons. The van der Waals surface area contributed by atoms with Crippen LogP contribution in [0.2, 0.25) is 0 Å². The number of hydrogen-bond acceptors (Lipinski definition) is 5. The van der Waals surface area contributed by atoms with Crippen LogP contribution in [0.25, 0.3) is 0 Å². The summed E-state index contributed by atoms with van der Waals surface area (Å²) in [5.74, 6) is 0.156. The second-order valence-electron chi connectivity index (χ2n) is 3.62. The molecule has 0 fully saturated rings. The smallest absolute Gasteiger partial charge is 0.328 e. The standard InChI is InChI=1S/C13H16N2O3/c1-4-10(13(16)18-3)15-12-9(8-14)6-5-7-11(12)17-2/h5-7,10,15H,4H2,1-3H3. The summed E-state index contributed by atoms with van der Waals surface area (Å²) in [6.45, 7) is 1.86. The summed E-state index contributed by atoms with van der Waals surface area (Å²) >= 11 is 0. The van der Waals surface area contributed by atoms with Gasteiger partial charge in [0.25, 0.3) is 0 Å². The van der Waals surface area contributed by atoms with Gasteiger partial charge in [0.05, 0.1) is 25.5 Å². The van der Waals surface area contributed by atoms with Crippen LogP contribution >= 0.6 is 0 Å². The summed E-state index contributed by atoms with van der Waals surface area (Å²) in [6, 6.07) is 6.68. The Labute approximate surface area is 106 Å². The van der Waals surface area contributed by atoms with Gasteiger partial charge >= 0.3 is 5.97 Å². The van der Waals surface area contributed by atoms with Gasteiger partial charge in [-0.25, -0.2) is 4.79 Å². The van der Waals surface area contributed by atoms with Gasteiger partial charge in [-0.3, -0.25) is 0 Å². The van der Waals surface area contributed by atoms with Crippen LogP contribution < -0.4 is 10.1 Å². The van der Waals surface area contributed by atoms with Gasteiger partial charge in [0.1, 0.15) is 17.9 Å². The number of nitrogens with zero attached hydrogens (tertiary/aromatic N) is 1. The number of carbonyl (C=O) groups excluding carboxylic acids is 1. The third-order valence-electron chi connectivity index (χ3n) is 2.58. The van der Waals surface area contributed by atoms with Gasteiger partial charge in [0.15, 0.2) is 0 Å². The van der Waals surface area contributed by atoms with Crippen molar-refractivity contribution in [3.8, 4) is 11.8 Å². The number of anilines is 1. The fourth-order valence-corrected chi connectivity index (χ4v) is 1.59. The van der Waals surface area contributed by atoms with Gasteiger partial charge in [-0.15, -0.1) is 0 Å². The lowest BCUT2D eigenvalue weighted by Gasteiger charge is -2.18. The molecular formula is C13H16N2O3. The number of carbonyl (C=O) groups is 1. The molecule has 1 rings (SSSR count). The van der Waals surface area contributed by atoms with E-state index in [1.165, 1.54) is 14.2 Å². The van der Waals surface area contributed by atoms with Crippen molar-refractivity contribution in [2.24, 2.45) is 0 Å². The van der Waals surface area contributed by atoms with Crippen LogP contribution in [-0.4, -0.2) is 26.2 Å². The van der Waals surface area contributed by atoms with Gasteiger partial charge in [0.2, 0.25) is 0 Å². The molecule has 0 saturated carbocycles. The molecule has 1 unspecified atom stereocenters. The minimum Gasteiger partial charge on any atom is -0.495 e. The van der Waals surface area contributed by atoms with Gasteiger partial charge < -0.3 is 14.8 Å². The number of methoxy groups -OCH3 is 2. The van der Waals surface area contributed by atoms with E-state index in [0.717, 1.165) is 0 Å². The molecule has 1 aromatic rings. The van der Waals surface area contributed by atoms with Crippen LogP contribution in [0.15, 0.2) is 18.2 Å². The zero-order chi connectivity index (χ0) is 13.5. The highest BCUT2D eigenvalue weighted by atomic mass is 16.5. The zero-order valence-electron chi connectivity index (χ0n) is 10.7. The molecule has 0 aromatic heterocycles. The van der Waals surface area contributed by atoms with E-state index in [-0.39, 0.29) is 5.97 Å². The van der Waals surface area contributed by atoms with E-state index in [4.69, 9.17) is 14.7 Å². The number of nitriles is 1. The molecule has 0 spiro atoms. The molecule has 0 amide bonds. The second kappa shape index (κ2) is 6.50. The molecule has 0 saturated heterocycles.